The van der Waals surface area contributed by atoms with Crippen LogP contribution in [0.25, 0.3) is 0 Å². The van der Waals surface area contributed by atoms with Gasteiger partial charge in [-0.2, -0.15) is 0 Å². The van der Waals surface area contributed by atoms with Gasteiger partial charge in [-0.05, 0) is 25.5 Å². The molecule has 0 aromatic heterocycles. The highest BCUT2D eigenvalue weighted by molar-refractivity contribution is 5.84. The van der Waals surface area contributed by atoms with Crippen LogP contribution in [0.15, 0.2) is 30.3 Å². The van der Waals surface area contributed by atoms with E-state index in [2.05, 4.69) is 5.32 Å². The minimum Gasteiger partial charge on any atom is -0.396 e. The lowest BCUT2D eigenvalue weighted by Gasteiger charge is -2.14. The Morgan fingerprint density at radius 3 is 2.62 bits per heavy atom. The average molecular weight is 221 g/mol. The van der Waals surface area contributed by atoms with E-state index in [0.717, 1.165) is 5.56 Å². The van der Waals surface area contributed by atoms with Gasteiger partial charge in [0.05, 0.1) is 6.04 Å². The van der Waals surface area contributed by atoms with Crippen LogP contribution in [0.2, 0.25) is 0 Å². The minimum absolute atomic E-state index is 0.0769. The number of rotatable bonds is 7. The molecule has 0 unspecified atom stereocenters. The summed E-state index contributed by atoms with van der Waals surface area (Å²) in [4.78, 5) is 11.8. The second-order valence-corrected chi connectivity index (χ2v) is 3.82. The molecule has 88 valence electrons. The third-order valence-corrected chi connectivity index (χ3v) is 2.60. The largest absolute Gasteiger partial charge is 0.396 e. The first-order valence-corrected chi connectivity index (χ1v) is 5.62. The Balaban J connectivity index is 2.52. The molecule has 0 fully saturated rings. The van der Waals surface area contributed by atoms with Gasteiger partial charge in [-0.3, -0.25) is 4.79 Å². The van der Waals surface area contributed by atoms with E-state index in [0.29, 0.717) is 19.3 Å². The second kappa shape index (κ2) is 7.14. The number of likely N-dealkylation sites (N-methyl/N-ethyl adjacent to an activating group) is 1. The van der Waals surface area contributed by atoms with Crippen LogP contribution in [0.5, 0.6) is 0 Å². The van der Waals surface area contributed by atoms with Crippen molar-refractivity contribution in [2.75, 3.05) is 13.7 Å². The standard InChI is InChI=1S/C13H19NO2/c1-14-12(13(16)8-5-9-15)10-11-6-3-2-4-7-11/h2-4,6-7,12,14-15H,5,8-10H2,1H3/t12-/m1/s1. The number of carbonyl (C=O) groups excluding carboxylic acids is 1. The van der Waals surface area contributed by atoms with Crippen molar-refractivity contribution in [2.45, 2.75) is 25.3 Å². The first kappa shape index (κ1) is 12.9. The Bertz CT molecular complexity index is 311. The molecule has 0 aliphatic rings. The quantitative estimate of drug-likeness (QED) is 0.726. The van der Waals surface area contributed by atoms with Crippen molar-refractivity contribution in [1.82, 2.24) is 5.32 Å². The Morgan fingerprint density at radius 1 is 1.38 bits per heavy atom. The highest BCUT2D eigenvalue weighted by Crippen LogP contribution is 2.06. The molecule has 0 bridgehead atoms. The van der Waals surface area contributed by atoms with Gasteiger partial charge in [0.2, 0.25) is 0 Å². The molecule has 1 aromatic rings. The zero-order valence-electron chi connectivity index (χ0n) is 9.65. The lowest BCUT2D eigenvalue weighted by molar-refractivity contribution is -0.121. The lowest BCUT2D eigenvalue weighted by Crippen LogP contribution is -2.36. The topological polar surface area (TPSA) is 49.3 Å². The third kappa shape index (κ3) is 4.13. The van der Waals surface area contributed by atoms with Gasteiger partial charge in [-0.15, -0.1) is 0 Å². The summed E-state index contributed by atoms with van der Waals surface area (Å²) in [6.07, 6.45) is 1.70. The van der Waals surface area contributed by atoms with E-state index in [4.69, 9.17) is 5.11 Å². The highest BCUT2D eigenvalue weighted by Gasteiger charge is 2.15. The second-order valence-electron chi connectivity index (χ2n) is 3.82. The number of ketones is 1. The monoisotopic (exact) mass is 221 g/mol. The van der Waals surface area contributed by atoms with Crippen LogP contribution in [0, 0.1) is 0 Å². The minimum atomic E-state index is -0.144. The fraction of sp³-hybridized carbons (Fsp3) is 0.462. The molecule has 1 rings (SSSR count). The Kier molecular flexibility index (Phi) is 5.75. The summed E-state index contributed by atoms with van der Waals surface area (Å²) >= 11 is 0. The number of carbonyl (C=O) groups is 1. The summed E-state index contributed by atoms with van der Waals surface area (Å²) in [7, 11) is 1.80. The zero-order valence-corrected chi connectivity index (χ0v) is 9.65. The molecule has 0 amide bonds. The number of nitrogens with one attached hydrogen (secondary N) is 1. The normalized spacial score (nSPS) is 12.4. The third-order valence-electron chi connectivity index (χ3n) is 2.60. The van der Waals surface area contributed by atoms with Crippen molar-refractivity contribution >= 4 is 5.78 Å². The molecule has 0 saturated carbocycles. The predicted molar refractivity (Wildman–Crippen MR) is 64.3 cm³/mol. The SMILES string of the molecule is CN[C@H](Cc1ccccc1)C(=O)CCCO. The average Bonchev–Trinajstić information content (AvgIpc) is 2.34. The van der Waals surface area contributed by atoms with Crippen molar-refractivity contribution in [1.29, 1.82) is 0 Å². The molecule has 2 N–H and O–H groups in total. The summed E-state index contributed by atoms with van der Waals surface area (Å²) < 4.78 is 0. The number of hydrogen-bond donors (Lipinski definition) is 2. The van der Waals surface area contributed by atoms with Gasteiger partial charge in [0.15, 0.2) is 0 Å². The van der Waals surface area contributed by atoms with Crippen LogP contribution in [0.4, 0.5) is 0 Å². The Labute approximate surface area is 96.5 Å². The number of hydrogen-bond acceptors (Lipinski definition) is 3. The van der Waals surface area contributed by atoms with E-state index in [-0.39, 0.29) is 18.4 Å². The molecular formula is C13H19NO2. The van der Waals surface area contributed by atoms with Gasteiger partial charge in [-0.25, -0.2) is 0 Å². The summed E-state index contributed by atoms with van der Waals surface area (Å²) in [6.45, 7) is 0.0769. The van der Waals surface area contributed by atoms with E-state index >= 15 is 0 Å². The van der Waals surface area contributed by atoms with Crippen LogP contribution in [0.3, 0.4) is 0 Å². The van der Waals surface area contributed by atoms with Gasteiger partial charge >= 0.3 is 0 Å². The lowest BCUT2D eigenvalue weighted by atomic mass is 10.00. The highest BCUT2D eigenvalue weighted by atomic mass is 16.3. The van der Waals surface area contributed by atoms with Crippen LogP contribution in [-0.2, 0) is 11.2 Å². The molecule has 0 heterocycles. The summed E-state index contributed by atoms with van der Waals surface area (Å²) in [5, 5.41) is 11.7. The van der Waals surface area contributed by atoms with Crippen LogP contribution < -0.4 is 5.32 Å². The summed E-state index contributed by atoms with van der Waals surface area (Å²) in [5.41, 5.74) is 1.15. The molecule has 0 spiro atoms. The van der Waals surface area contributed by atoms with Crippen molar-refractivity contribution in [3.8, 4) is 0 Å². The van der Waals surface area contributed by atoms with Gasteiger partial charge in [0.1, 0.15) is 5.78 Å². The van der Waals surface area contributed by atoms with Gasteiger partial charge < -0.3 is 10.4 Å². The first-order valence-electron chi connectivity index (χ1n) is 5.62. The number of Topliss-reactive ketones (excluding diaryl/α,β-unsaturated/α-hetero) is 1. The molecule has 16 heavy (non-hydrogen) atoms. The Hall–Kier alpha value is -1.19. The molecule has 0 aliphatic heterocycles. The van der Waals surface area contributed by atoms with Crippen molar-refractivity contribution in [3.05, 3.63) is 35.9 Å². The molecular weight excluding hydrogens is 202 g/mol. The van der Waals surface area contributed by atoms with E-state index in [1.54, 1.807) is 7.05 Å². The van der Waals surface area contributed by atoms with Crippen molar-refractivity contribution in [2.24, 2.45) is 0 Å². The summed E-state index contributed by atoms with van der Waals surface area (Å²) in [6, 6.07) is 9.80. The van der Waals surface area contributed by atoms with E-state index in [1.807, 2.05) is 30.3 Å². The molecule has 0 aliphatic carbocycles. The maximum atomic E-state index is 11.8. The van der Waals surface area contributed by atoms with Crippen molar-refractivity contribution in [3.63, 3.8) is 0 Å². The van der Waals surface area contributed by atoms with Gasteiger partial charge in [0.25, 0.3) is 0 Å². The number of benzene rings is 1. The maximum Gasteiger partial charge on any atom is 0.150 e. The predicted octanol–water partition coefficient (Wildman–Crippen LogP) is 1.16. The van der Waals surface area contributed by atoms with Gasteiger partial charge in [0, 0.05) is 13.0 Å². The van der Waals surface area contributed by atoms with Crippen LogP contribution >= 0.6 is 0 Å². The number of aliphatic hydroxyl groups is 1. The number of aliphatic hydroxyl groups excluding tert-OH is 1. The first-order chi connectivity index (χ1) is 7.77. The molecule has 3 nitrogen and oxygen atoms in total. The molecule has 0 saturated heterocycles. The van der Waals surface area contributed by atoms with Crippen molar-refractivity contribution < 1.29 is 9.90 Å². The summed E-state index contributed by atoms with van der Waals surface area (Å²) in [5.74, 6) is 0.167. The van der Waals surface area contributed by atoms with Crippen LogP contribution in [-0.4, -0.2) is 30.6 Å². The smallest absolute Gasteiger partial charge is 0.150 e. The van der Waals surface area contributed by atoms with E-state index < -0.39 is 0 Å². The molecule has 1 aromatic carbocycles. The van der Waals surface area contributed by atoms with E-state index in [9.17, 15) is 4.79 Å². The molecule has 0 radical (unpaired) electrons. The van der Waals surface area contributed by atoms with Gasteiger partial charge in [-0.1, -0.05) is 30.3 Å². The fourth-order valence-corrected chi connectivity index (χ4v) is 1.65. The zero-order chi connectivity index (χ0) is 11.8. The molecule has 3 heteroatoms. The Morgan fingerprint density at radius 2 is 2.06 bits per heavy atom. The fourth-order valence-electron chi connectivity index (χ4n) is 1.65. The molecule has 1 atom stereocenters. The maximum absolute atomic E-state index is 11.8. The van der Waals surface area contributed by atoms with E-state index in [1.165, 1.54) is 0 Å². The van der Waals surface area contributed by atoms with Crippen LogP contribution in [0.1, 0.15) is 18.4 Å².